The maximum absolute atomic E-state index is 6.86. The Labute approximate surface area is 245 Å². The third-order valence-electron chi connectivity index (χ3n) is 10.7. The summed E-state index contributed by atoms with van der Waals surface area (Å²) < 4.78 is 26.9. The van der Waals surface area contributed by atoms with Gasteiger partial charge in [-0.25, -0.2) is 9.97 Å². The maximum atomic E-state index is 6.86. The van der Waals surface area contributed by atoms with Crippen molar-refractivity contribution >= 4 is 25.2 Å². The van der Waals surface area contributed by atoms with Crippen molar-refractivity contribution in [3.8, 4) is 22.5 Å². The van der Waals surface area contributed by atoms with Gasteiger partial charge in [0.2, 0.25) is 0 Å². The Morgan fingerprint density at radius 3 is 1.63 bits per heavy atom. The van der Waals surface area contributed by atoms with E-state index in [-0.39, 0.29) is 5.92 Å². The molecule has 2 unspecified atom stereocenters. The lowest BCUT2D eigenvalue weighted by molar-refractivity contribution is -0.0726. The van der Waals surface area contributed by atoms with E-state index in [1.54, 1.807) is 6.33 Å². The number of benzene rings is 2. The average molecular weight is 552 g/mol. The molecule has 4 atom stereocenters. The molecule has 6 nitrogen and oxygen atoms in total. The number of hydrogen-bond acceptors (Lipinski definition) is 6. The van der Waals surface area contributed by atoms with E-state index < -0.39 is 36.6 Å². The van der Waals surface area contributed by atoms with Gasteiger partial charge in [0.05, 0.1) is 33.8 Å². The predicted octanol–water partition coefficient (Wildman–Crippen LogP) is 5.83. The molecule has 0 N–H and O–H groups in total. The summed E-state index contributed by atoms with van der Waals surface area (Å²) >= 11 is 0. The Balaban J connectivity index is 1.42. The van der Waals surface area contributed by atoms with E-state index in [1.165, 1.54) is 0 Å². The summed E-state index contributed by atoms with van der Waals surface area (Å²) in [5, 5.41) is 0. The standard InChI is InChI=1S/C33H42B2N2O4/c1-9-25-15-10-22(2)32(7)30(3,4)38-34(40-32)26-16-11-23(12-17-26)28-20-29(37-21-36-28)24-13-18-27(19-14-24)35-39-31(5,6)33(25,8)41-35/h11-14,16-22,25H,9-10,15H2,1-8H3/t22-,25+,32?,33?/m1/s1. The minimum absolute atomic E-state index is 0.266. The molecule has 5 aliphatic rings. The highest BCUT2D eigenvalue weighted by Gasteiger charge is 2.59. The second-order valence-corrected chi connectivity index (χ2v) is 13.5. The highest BCUT2D eigenvalue weighted by atomic mass is 16.7. The molecule has 0 radical (unpaired) electrons. The Bertz CT molecular complexity index is 1410. The quantitative estimate of drug-likeness (QED) is 0.355. The summed E-state index contributed by atoms with van der Waals surface area (Å²) in [7, 11) is -0.849. The van der Waals surface area contributed by atoms with Crippen LogP contribution in [0, 0.1) is 11.8 Å². The van der Waals surface area contributed by atoms with E-state index in [0.717, 1.165) is 52.7 Å². The van der Waals surface area contributed by atoms with Crippen LogP contribution in [-0.2, 0) is 18.6 Å². The van der Waals surface area contributed by atoms with Crippen LogP contribution in [0.2, 0.25) is 0 Å². The first-order valence-corrected chi connectivity index (χ1v) is 15.1. The van der Waals surface area contributed by atoms with Gasteiger partial charge in [-0.3, -0.25) is 0 Å². The summed E-state index contributed by atoms with van der Waals surface area (Å²) in [5.41, 5.74) is 4.00. The molecule has 2 aromatic carbocycles. The lowest BCUT2D eigenvalue weighted by Crippen LogP contribution is -2.52. The Kier molecular flexibility index (Phi) is 7.01. The molecular weight excluding hydrogens is 510 g/mol. The number of aromatic nitrogens is 2. The van der Waals surface area contributed by atoms with Gasteiger partial charge in [-0.05, 0) is 83.2 Å². The maximum Gasteiger partial charge on any atom is 0.494 e. The zero-order chi connectivity index (χ0) is 29.2. The van der Waals surface area contributed by atoms with E-state index >= 15 is 0 Å². The van der Waals surface area contributed by atoms with Gasteiger partial charge in [-0.1, -0.05) is 68.8 Å². The van der Waals surface area contributed by atoms with E-state index in [4.69, 9.17) is 18.6 Å². The van der Waals surface area contributed by atoms with Gasteiger partial charge < -0.3 is 18.6 Å². The lowest BCUT2D eigenvalue weighted by Gasteiger charge is -2.45. The molecule has 2 saturated heterocycles. The second kappa shape index (κ2) is 10.0. The van der Waals surface area contributed by atoms with Gasteiger partial charge in [-0.2, -0.15) is 0 Å². The predicted molar refractivity (Wildman–Crippen MR) is 165 cm³/mol. The summed E-state index contributed by atoms with van der Waals surface area (Å²) in [6, 6.07) is 18.8. The highest BCUT2D eigenvalue weighted by molar-refractivity contribution is 6.62. The van der Waals surface area contributed by atoms with Crippen LogP contribution in [0.1, 0.15) is 74.7 Å². The molecule has 41 heavy (non-hydrogen) atoms. The van der Waals surface area contributed by atoms with Gasteiger partial charge in [0.25, 0.3) is 0 Å². The van der Waals surface area contributed by atoms with Crippen molar-refractivity contribution in [1.82, 2.24) is 9.97 Å². The fraction of sp³-hybridized carbons (Fsp3) is 0.515. The molecule has 10 bridgehead atoms. The van der Waals surface area contributed by atoms with Crippen LogP contribution < -0.4 is 10.9 Å². The van der Waals surface area contributed by atoms with Crippen molar-refractivity contribution in [1.29, 1.82) is 0 Å². The van der Waals surface area contributed by atoms with Crippen LogP contribution in [0.3, 0.4) is 0 Å². The molecule has 8 heteroatoms. The highest BCUT2D eigenvalue weighted by Crippen LogP contribution is 2.48. The normalized spacial score (nSPS) is 30.4. The molecule has 0 amide bonds. The van der Waals surface area contributed by atoms with Crippen LogP contribution in [-0.4, -0.2) is 46.6 Å². The van der Waals surface area contributed by atoms with Gasteiger partial charge in [0.1, 0.15) is 6.33 Å². The van der Waals surface area contributed by atoms with Crippen LogP contribution in [0.25, 0.3) is 22.5 Å². The fourth-order valence-electron chi connectivity index (χ4n) is 7.01. The largest absolute Gasteiger partial charge is 0.494 e. The molecule has 214 valence electrons. The van der Waals surface area contributed by atoms with E-state index in [0.29, 0.717) is 5.92 Å². The van der Waals surface area contributed by atoms with E-state index in [1.807, 2.05) is 6.07 Å². The van der Waals surface area contributed by atoms with Crippen molar-refractivity contribution in [2.24, 2.45) is 11.8 Å². The van der Waals surface area contributed by atoms with Gasteiger partial charge in [-0.15, -0.1) is 0 Å². The fourth-order valence-corrected chi connectivity index (χ4v) is 7.01. The second-order valence-electron chi connectivity index (χ2n) is 13.5. The minimum Gasteiger partial charge on any atom is -0.399 e. The van der Waals surface area contributed by atoms with Crippen LogP contribution in [0.5, 0.6) is 0 Å². The molecule has 0 aliphatic carbocycles. The number of fused-ring (bicyclic) bond motifs is 2. The summed E-state index contributed by atoms with van der Waals surface area (Å²) in [6.07, 6.45) is 4.64. The molecule has 6 heterocycles. The van der Waals surface area contributed by atoms with Crippen LogP contribution >= 0.6 is 0 Å². The zero-order valence-corrected chi connectivity index (χ0v) is 25.7. The monoisotopic (exact) mass is 552 g/mol. The van der Waals surface area contributed by atoms with E-state index in [2.05, 4.69) is 114 Å². The SMILES string of the molecule is CC[C@H]1CC[C@@H](C)C2(C)OB(OC2(C)C)c2ccc(cc2)-c2cc(ncn2)-c2ccc(cc2)B2OC(C)(C)C1(C)O2. The van der Waals surface area contributed by atoms with Crippen molar-refractivity contribution in [2.75, 3.05) is 0 Å². The third-order valence-corrected chi connectivity index (χ3v) is 10.7. The average Bonchev–Trinajstić information content (AvgIpc) is 3.36. The molecule has 3 aromatic rings. The van der Waals surface area contributed by atoms with Crippen molar-refractivity contribution in [3.05, 3.63) is 60.9 Å². The van der Waals surface area contributed by atoms with Crippen LogP contribution in [0.4, 0.5) is 0 Å². The molecule has 1 aromatic heterocycles. The summed E-state index contributed by atoms with van der Waals surface area (Å²) in [5.74, 6) is 0.580. The summed E-state index contributed by atoms with van der Waals surface area (Å²) in [4.78, 5) is 9.13. The first kappa shape index (κ1) is 28.6. The molecule has 0 spiro atoms. The summed E-state index contributed by atoms with van der Waals surface area (Å²) in [6.45, 7) is 17.7. The molecule has 0 saturated carbocycles. The van der Waals surface area contributed by atoms with Crippen molar-refractivity contribution in [3.63, 3.8) is 0 Å². The lowest BCUT2D eigenvalue weighted by atomic mass is 9.70. The molecule has 8 rings (SSSR count). The zero-order valence-electron chi connectivity index (χ0n) is 25.7. The molecule has 2 fully saturated rings. The first-order chi connectivity index (χ1) is 19.4. The Hall–Kier alpha value is -2.51. The molecule has 5 aliphatic heterocycles. The van der Waals surface area contributed by atoms with Gasteiger partial charge in [0.15, 0.2) is 0 Å². The minimum atomic E-state index is -0.456. The van der Waals surface area contributed by atoms with Crippen molar-refractivity contribution < 1.29 is 18.6 Å². The van der Waals surface area contributed by atoms with Gasteiger partial charge in [0, 0.05) is 11.1 Å². The Morgan fingerprint density at radius 1 is 0.683 bits per heavy atom. The number of hydrogen-bond donors (Lipinski definition) is 0. The number of nitrogens with zero attached hydrogens (tertiary/aromatic N) is 2. The van der Waals surface area contributed by atoms with E-state index in [9.17, 15) is 0 Å². The topological polar surface area (TPSA) is 62.7 Å². The van der Waals surface area contributed by atoms with Crippen molar-refractivity contribution in [2.45, 2.75) is 97.1 Å². The Morgan fingerprint density at radius 2 is 1.15 bits per heavy atom. The number of rotatable bonds is 1. The first-order valence-electron chi connectivity index (χ1n) is 15.1. The smallest absolute Gasteiger partial charge is 0.399 e. The molecular formula is C33H42B2N2O4. The third kappa shape index (κ3) is 4.68. The van der Waals surface area contributed by atoms with Crippen LogP contribution in [0.15, 0.2) is 60.9 Å². The van der Waals surface area contributed by atoms with Gasteiger partial charge >= 0.3 is 14.2 Å².